The molecule has 3 rings (SSSR count). The Morgan fingerprint density at radius 3 is 2.54 bits per heavy atom. The van der Waals surface area contributed by atoms with Crippen LogP contribution in [0.15, 0.2) is 29.6 Å². The van der Waals surface area contributed by atoms with Gasteiger partial charge in [0.25, 0.3) is 5.91 Å². The molecule has 0 atom stereocenters. The summed E-state index contributed by atoms with van der Waals surface area (Å²) in [6.07, 6.45) is 0.0940. The minimum absolute atomic E-state index is 0.0940. The molecule has 3 N–H and O–H groups in total. The Morgan fingerprint density at radius 2 is 1.86 bits per heavy atom. The normalized spacial score (nSPS) is 13.7. The van der Waals surface area contributed by atoms with Crippen molar-refractivity contribution in [1.82, 2.24) is 15.8 Å². The topological polar surface area (TPSA) is 113 Å². The van der Waals surface area contributed by atoms with Crippen LogP contribution in [0.5, 0.6) is 0 Å². The molecule has 1 aliphatic heterocycles. The first kappa shape index (κ1) is 19.8. The number of hydrogen-bond donors (Lipinski definition) is 3. The lowest BCUT2D eigenvalue weighted by atomic mass is 10.1. The molecule has 0 unspecified atom stereocenters. The van der Waals surface area contributed by atoms with E-state index in [2.05, 4.69) is 26.1 Å². The second-order valence-corrected chi connectivity index (χ2v) is 7.01. The summed E-state index contributed by atoms with van der Waals surface area (Å²) in [4.78, 5) is 41.6. The van der Waals surface area contributed by atoms with Crippen LogP contribution in [-0.4, -0.2) is 49.0 Å². The molecule has 0 spiro atoms. The second kappa shape index (κ2) is 9.29. The quantitative estimate of drug-likeness (QED) is 0.641. The molecule has 2 heterocycles. The van der Waals surface area contributed by atoms with Gasteiger partial charge in [-0.05, 0) is 17.7 Å². The van der Waals surface area contributed by atoms with Crippen LogP contribution in [0.3, 0.4) is 0 Å². The van der Waals surface area contributed by atoms with Crippen LogP contribution < -0.4 is 21.1 Å². The predicted octanol–water partition coefficient (Wildman–Crippen LogP) is 0.942. The fourth-order valence-electron chi connectivity index (χ4n) is 2.60. The number of hydrazine groups is 1. The van der Waals surface area contributed by atoms with Crippen molar-refractivity contribution in [2.24, 2.45) is 0 Å². The summed E-state index contributed by atoms with van der Waals surface area (Å²) in [5.41, 5.74) is 6.43. The third-order valence-electron chi connectivity index (χ3n) is 3.96. The maximum atomic E-state index is 12.2. The Bertz CT molecular complexity index is 846. The summed E-state index contributed by atoms with van der Waals surface area (Å²) in [6.45, 7) is 4.19. The minimum Gasteiger partial charge on any atom is -0.378 e. The number of amides is 3. The minimum atomic E-state index is -0.467. The van der Waals surface area contributed by atoms with E-state index >= 15 is 0 Å². The summed E-state index contributed by atoms with van der Waals surface area (Å²) in [7, 11) is 0. The lowest BCUT2D eigenvalue weighted by molar-refractivity contribution is -0.121. The lowest BCUT2D eigenvalue weighted by Gasteiger charge is -2.25. The molecule has 0 bridgehead atoms. The zero-order valence-corrected chi connectivity index (χ0v) is 16.2. The molecule has 1 aromatic heterocycles. The Hall–Kier alpha value is -2.98. The van der Waals surface area contributed by atoms with Crippen molar-refractivity contribution in [2.45, 2.75) is 13.3 Å². The number of aromatic nitrogens is 1. The summed E-state index contributed by atoms with van der Waals surface area (Å²) in [5.74, 6) is -0.985. The molecule has 0 saturated carbocycles. The largest absolute Gasteiger partial charge is 0.378 e. The monoisotopic (exact) mass is 403 g/mol. The van der Waals surface area contributed by atoms with Gasteiger partial charge in [0.15, 0.2) is 5.13 Å². The Morgan fingerprint density at radius 1 is 1.14 bits per heavy atom. The van der Waals surface area contributed by atoms with Gasteiger partial charge in [0.05, 0.1) is 19.6 Å². The van der Waals surface area contributed by atoms with E-state index in [1.807, 2.05) is 0 Å². The first-order valence-corrected chi connectivity index (χ1v) is 9.63. The molecular formula is C18H21N5O4S. The number of carbonyl (C=O) groups excluding carboxylic acids is 3. The average Bonchev–Trinajstić information content (AvgIpc) is 3.18. The van der Waals surface area contributed by atoms with Crippen LogP contribution in [0.1, 0.15) is 23.0 Å². The van der Waals surface area contributed by atoms with Crippen molar-refractivity contribution < 1.29 is 19.1 Å². The third kappa shape index (κ3) is 5.51. The van der Waals surface area contributed by atoms with Gasteiger partial charge in [-0.3, -0.25) is 25.2 Å². The van der Waals surface area contributed by atoms with Crippen molar-refractivity contribution >= 4 is 39.9 Å². The van der Waals surface area contributed by atoms with Crippen molar-refractivity contribution in [3.05, 3.63) is 40.9 Å². The van der Waals surface area contributed by atoms with E-state index in [0.29, 0.717) is 18.9 Å². The van der Waals surface area contributed by atoms with Gasteiger partial charge in [-0.2, -0.15) is 0 Å². The fourth-order valence-corrected chi connectivity index (χ4v) is 3.46. The summed E-state index contributed by atoms with van der Waals surface area (Å²) in [5, 5.41) is 5.08. The summed E-state index contributed by atoms with van der Waals surface area (Å²) >= 11 is 1.38. The fraction of sp³-hybridized carbons (Fsp3) is 0.333. The highest BCUT2D eigenvalue weighted by atomic mass is 32.1. The zero-order valence-electron chi connectivity index (χ0n) is 15.4. The zero-order chi connectivity index (χ0) is 19.9. The molecular weight excluding hydrogens is 382 g/mol. The van der Waals surface area contributed by atoms with Gasteiger partial charge in [0, 0.05) is 31.1 Å². The smallest absolute Gasteiger partial charge is 0.289 e. The molecule has 148 valence electrons. The van der Waals surface area contributed by atoms with Gasteiger partial charge < -0.3 is 15.0 Å². The second-order valence-electron chi connectivity index (χ2n) is 6.17. The molecule has 28 heavy (non-hydrogen) atoms. The van der Waals surface area contributed by atoms with Crippen molar-refractivity contribution in [1.29, 1.82) is 0 Å². The van der Waals surface area contributed by atoms with Crippen LogP contribution in [0.2, 0.25) is 0 Å². The van der Waals surface area contributed by atoms with E-state index < -0.39 is 5.91 Å². The standard InChI is InChI=1S/C18H21N5O4S/c1-12(24)19-14-4-2-13(3-5-14)10-16(25)21-22-17(26)15-11-28-18(20-15)23-6-8-27-9-7-23/h2-5,11H,6-10H2,1H3,(H,19,24)(H,21,25)(H,22,26). The van der Waals surface area contributed by atoms with E-state index in [4.69, 9.17) is 4.74 Å². The number of nitrogens with one attached hydrogen (secondary N) is 3. The predicted molar refractivity (Wildman–Crippen MR) is 105 cm³/mol. The molecule has 0 aliphatic carbocycles. The van der Waals surface area contributed by atoms with Crippen molar-refractivity contribution in [2.75, 3.05) is 36.5 Å². The van der Waals surface area contributed by atoms with E-state index in [9.17, 15) is 14.4 Å². The first-order chi connectivity index (χ1) is 13.5. The van der Waals surface area contributed by atoms with E-state index in [1.54, 1.807) is 29.6 Å². The highest BCUT2D eigenvalue weighted by Crippen LogP contribution is 2.21. The van der Waals surface area contributed by atoms with Crippen LogP contribution in [-0.2, 0) is 20.7 Å². The van der Waals surface area contributed by atoms with Crippen LogP contribution in [0, 0.1) is 0 Å². The Kier molecular flexibility index (Phi) is 6.56. The van der Waals surface area contributed by atoms with Gasteiger partial charge in [0.2, 0.25) is 11.8 Å². The Labute approximate surface area is 166 Å². The van der Waals surface area contributed by atoms with E-state index in [1.165, 1.54) is 18.3 Å². The van der Waals surface area contributed by atoms with E-state index in [-0.39, 0.29) is 23.9 Å². The lowest BCUT2D eigenvalue weighted by Crippen LogP contribution is -2.42. The maximum absolute atomic E-state index is 12.2. The molecule has 1 aliphatic rings. The number of thiazole rings is 1. The van der Waals surface area contributed by atoms with Gasteiger partial charge in [-0.15, -0.1) is 11.3 Å². The molecule has 0 radical (unpaired) electrons. The number of carbonyl (C=O) groups is 3. The number of anilines is 2. The molecule has 3 amide bonds. The van der Waals surface area contributed by atoms with Crippen molar-refractivity contribution in [3.63, 3.8) is 0 Å². The maximum Gasteiger partial charge on any atom is 0.289 e. The van der Waals surface area contributed by atoms with Gasteiger partial charge >= 0.3 is 0 Å². The molecule has 1 aromatic carbocycles. The summed E-state index contributed by atoms with van der Waals surface area (Å²) < 4.78 is 5.30. The first-order valence-electron chi connectivity index (χ1n) is 8.75. The van der Waals surface area contributed by atoms with Crippen molar-refractivity contribution in [3.8, 4) is 0 Å². The van der Waals surface area contributed by atoms with Gasteiger partial charge in [0.1, 0.15) is 5.69 Å². The number of rotatable bonds is 5. The molecule has 2 aromatic rings. The van der Waals surface area contributed by atoms with Gasteiger partial charge in [-0.1, -0.05) is 12.1 Å². The number of benzene rings is 1. The number of morpholine rings is 1. The molecule has 10 heteroatoms. The van der Waals surface area contributed by atoms with Crippen LogP contribution >= 0.6 is 11.3 Å². The average molecular weight is 403 g/mol. The highest BCUT2D eigenvalue weighted by Gasteiger charge is 2.17. The number of nitrogens with zero attached hydrogens (tertiary/aromatic N) is 2. The third-order valence-corrected chi connectivity index (χ3v) is 4.86. The van der Waals surface area contributed by atoms with Crippen LogP contribution in [0.25, 0.3) is 0 Å². The van der Waals surface area contributed by atoms with Gasteiger partial charge in [-0.25, -0.2) is 4.98 Å². The summed E-state index contributed by atoms with van der Waals surface area (Å²) in [6, 6.07) is 6.90. The van der Waals surface area contributed by atoms with E-state index in [0.717, 1.165) is 23.8 Å². The van der Waals surface area contributed by atoms with Crippen LogP contribution in [0.4, 0.5) is 10.8 Å². The Balaban J connectivity index is 1.47. The molecule has 1 saturated heterocycles. The highest BCUT2D eigenvalue weighted by molar-refractivity contribution is 7.13. The molecule has 1 fully saturated rings. The molecule has 9 nitrogen and oxygen atoms in total. The number of ether oxygens (including phenoxy) is 1. The SMILES string of the molecule is CC(=O)Nc1ccc(CC(=O)NNC(=O)c2csc(N3CCOCC3)n2)cc1. The number of hydrogen-bond acceptors (Lipinski definition) is 7.